The van der Waals surface area contributed by atoms with Crippen molar-refractivity contribution in [1.82, 2.24) is 14.3 Å². The number of aryl methyl sites for hydroxylation is 3. The second kappa shape index (κ2) is 6.77. The van der Waals surface area contributed by atoms with Gasteiger partial charge in [0.15, 0.2) is 0 Å². The van der Waals surface area contributed by atoms with Crippen LogP contribution in [0.4, 0.5) is 0 Å². The second-order valence-electron chi connectivity index (χ2n) is 5.13. The molecule has 0 aliphatic carbocycles. The summed E-state index contributed by atoms with van der Waals surface area (Å²) in [6.07, 6.45) is 2.58. The molecule has 5 nitrogen and oxygen atoms in total. The molecule has 1 heterocycles. The highest BCUT2D eigenvalue weighted by Gasteiger charge is 2.10. The van der Waals surface area contributed by atoms with Crippen LogP contribution in [0, 0.1) is 6.92 Å². The van der Waals surface area contributed by atoms with Crippen molar-refractivity contribution in [2.45, 2.75) is 26.3 Å². The number of benzene rings is 1. The lowest BCUT2D eigenvalue weighted by Crippen LogP contribution is -2.24. The molecule has 116 valence electrons. The van der Waals surface area contributed by atoms with Gasteiger partial charge in [0.25, 0.3) is 0 Å². The third kappa shape index (κ3) is 4.43. The number of sulfonamides is 1. The number of hydrogen-bond donors (Lipinski definition) is 1. The van der Waals surface area contributed by atoms with Crippen LogP contribution in [0.3, 0.4) is 0 Å². The minimum absolute atomic E-state index is 0.421. The van der Waals surface area contributed by atoms with Crippen LogP contribution >= 0.6 is 11.6 Å². The topological polar surface area (TPSA) is 64.0 Å². The van der Waals surface area contributed by atoms with Gasteiger partial charge in [-0.15, -0.1) is 11.6 Å². The Morgan fingerprint density at radius 1 is 1.38 bits per heavy atom. The number of rotatable bonds is 7. The Bertz CT molecular complexity index is 725. The molecule has 0 spiro atoms. The van der Waals surface area contributed by atoms with Gasteiger partial charge in [-0.3, -0.25) is 0 Å². The maximum atomic E-state index is 11.1. The van der Waals surface area contributed by atoms with Gasteiger partial charge in [0.2, 0.25) is 10.0 Å². The average molecular weight is 330 g/mol. The second-order valence-corrected chi connectivity index (χ2v) is 7.34. The Morgan fingerprint density at radius 3 is 2.81 bits per heavy atom. The van der Waals surface area contributed by atoms with Gasteiger partial charge in [0.1, 0.15) is 5.82 Å². The number of alkyl halides is 1. The SMILES string of the molecule is Cc1ccc2nc(CCCl)n(CCCNS(C)(=O)=O)c2c1. The van der Waals surface area contributed by atoms with Crippen LogP contribution in [-0.2, 0) is 23.0 Å². The Hall–Kier alpha value is -1.11. The van der Waals surface area contributed by atoms with Gasteiger partial charge in [-0.25, -0.2) is 18.1 Å². The monoisotopic (exact) mass is 329 g/mol. The normalized spacial score (nSPS) is 12.1. The largest absolute Gasteiger partial charge is 0.328 e. The molecule has 0 atom stereocenters. The van der Waals surface area contributed by atoms with Crippen LogP contribution in [0.15, 0.2) is 18.2 Å². The number of halogens is 1. The molecule has 0 saturated carbocycles. The first kappa shape index (κ1) is 16.3. The summed E-state index contributed by atoms with van der Waals surface area (Å²) in [6, 6.07) is 6.15. The quantitative estimate of drug-likeness (QED) is 0.624. The third-order valence-corrected chi connectivity index (χ3v) is 4.14. The predicted octanol–water partition coefficient (Wildman–Crippen LogP) is 2.07. The molecule has 0 unspecified atom stereocenters. The van der Waals surface area contributed by atoms with Crippen LogP contribution in [0.2, 0.25) is 0 Å². The number of nitrogens with zero attached hydrogens (tertiary/aromatic N) is 2. The molecule has 1 N–H and O–H groups in total. The molecule has 0 aliphatic rings. The molecule has 0 fully saturated rings. The number of aromatic nitrogens is 2. The molecule has 0 bridgehead atoms. The van der Waals surface area contributed by atoms with Gasteiger partial charge in [0, 0.05) is 25.4 Å². The minimum atomic E-state index is -3.13. The van der Waals surface area contributed by atoms with Crippen molar-refractivity contribution in [2.75, 3.05) is 18.7 Å². The summed E-state index contributed by atoms with van der Waals surface area (Å²) in [7, 11) is -3.13. The average Bonchev–Trinajstić information content (AvgIpc) is 2.71. The lowest BCUT2D eigenvalue weighted by Gasteiger charge is -2.09. The van der Waals surface area contributed by atoms with Crippen molar-refractivity contribution in [1.29, 1.82) is 0 Å². The number of nitrogens with one attached hydrogen (secondary N) is 1. The zero-order valence-corrected chi connectivity index (χ0v) is 13.8. The Balaban J connectivity index is 2.19. The summed E-state index contributed by atoms with van der Waals surface area (Å²) in [4.78, 5) is 4.61. The van der Waals surface area contributed by atoms with Crippen molar-refractivity contribution < 1.29 is 8.42 Å². The van der Waals surface area contributed by atoms with Crippen molar-refractivity contribution in [3.05, 3.63) is 29.6 Å². The Morgan fingerprint density at radius 2 is 2.14 bits per heavy atom. The standard InChI is InChI=1S/C14H20ClN3O2S/c1-11-4-5-12-13(10-11)18(14(17-12)6-7-15)9-3-8-16-21(2,19)20/h4-5,10,16H,3,6-9H2,1-2H3. The molecule has 21 heavy (non-hydrogen) atoms. The molecule has 2 rings (SSSR count). The van der Waals surface area contributed by atoms with E-state index in [0.717, 1.165) is 16.9 Å². The summed E-state index contributed by atoms with van der Waals surface area (Å²) in [6.45, 7) is 3.18. The van der Waals surface area contributed by atoms with Crippen LogP contribution in [0.5, 0.6) is 0 Å². The third-order valence-electron chi connectivity index (χ3n) is 3.22. The van der Waals surface area contributed by atoms with Crippen LogP contribution in [0.1, 0.15) is 17.8 Å². The summed E-state index contributed by atoms with van der Waals surface area (Å²) < 4.78 is 26.8. The van der Waals surface area contributed by atoms with Gasteiger partial charge >= 0.3 is 0 Å². The lowest BCUT2D eigenvalue weighted by molar-refractivity contribution is 0.574. The van der Waals surface area contributed by atoms with Gasteiger partial charge in [-0.1, -0.05) is 6.07 Å². The summed E-state index contributed by atoms with van der Waals surface area (Å²) in [5.74, 6) is 1.47. The van der Waals surface area contributed by atoms with E-state index in [4.69, 9.17) is 11.6 Å². The van der Waals surface area contributed by atoms with Crippen LogP contribution < -0.4 is 4.72 Å². The Labute approximate surface area is 130 Å². The Kier molecular flexibility index (Phi) is 5.24. The number of hydrogen-bond acceptors (Lipinski definition) is 3. The highest BCUT2D eigenvalue weighted by molar-refractivity contribution is 7.88. The van der Waals surface area contributed by atoms with Crippen molar-refractivity contribution >= 4 is 32.7 Å². The first-order valence-corrected chi connectivity index (χ1v) is 9.29. The van der Waals surface area contributed by atoms with E-state index in [-0.39, 0.29) is 0 Å². The van der Waals surface area contributed by atoms with E-state index in [1.165, 1.54) is 11.8 Å². The summed E-state index contributed by atoms with van der Waals surface area (Å²) in [5.41, 5.74) is 3.21. The smallest absolute Gasteiger partial charge is 0.208 e. The van der Waals surface area contributed by atoms with E-state index in [2.05, 4.69) is 20.3 Å². The molecular formula is C14H20ClN3O2S. The van der Waals surface area contributed by atoms with Crippen molar-refractivity contribution in [3.63, 3.8) is 0 Å². The molecule has 1 aromatic heterocycles. The maximum Gasteiger partial charge on any atom is 0.208 e. The van der Waals surface area contributed by atoms with Gasteiger partial charge in [0.05, 0.1) is 17.3 Å². The molecule has 7 heteroatoms. The van der Waals surface area contributed by atoms with Gasteiger partial charge < -0.3 is 4.57 Å². The van der Waals surface area contributed by atoms with Crippen LogP contribution in [0.25, 0.3) is 11.0 Å². The van der Waals surface area contributed by atoms with E-state index in [0.29, 0.717) is 31.8 Å². The van der Waals surface area contributed by atoms with E-state index >= 15 is 0 Å². The predicted molar refractivity (Wildman–Crippen MR) is 86.4 cm³/mol. The van der Waals surface area contributed by atoms with Crippen molar-refractivity contribution in [2.24, 2.45) is 0 Å². The summed E-state index contributed by atoms with van der Waals surface area (Å²) >= 11 is 5.84. The zero-order valence-electron chi connectivity index (χ0n) is 12.3. The molecule has 0 saturated heterocycles. The number of fused-ring (bicyclic) bond motifs is 1. The highest BCUT2D eigenvalue weighted by Crippen LogP contribution is 2.19. The molecular weight excluding hydrogens is 310 g/mol. The van der Waals surface area contributed by atoms with E-state index in [1.54, 1.807) is 0 Å². The van der Waals surface area contributed by atoms with Gasteiger partial charge in [-0.2, -0.15) is 0 Å². The fraction of sp³-hybridized carbons (Fsp3) is 0.500. The molecule has 0 radical (unpaired) electrons. The molecule has 1 aromatic carbocycles. The fourth-order valence-electron chi connectivity index (χ4n) is 2.30. The minimum Gasteiger partial charge on any atom is -0.328 e. The van der Waals surface area contributed by atoms with E-state index in [1.807, 2.05) is 19.1 Å². The lowest BCUT2D eigenvalue weighted by atomic mass is 10.2. The van der Waals surface area contributed by atoms with Crippen molar-refractivity contribution in [3.8, 4) is 0 Å². The molecule has 0 aliphatic heterocycles. The first-order chi connectivity index (χ1) is 9.90. The maximum absolute atomic E-state index is 11.1. The number of imidazole rings is 1. The fourth-order valence-corrected chi connectivity index (χ4v) is 2.99. The highest BCUT2D eigenvalue weighted by atomic mass is 35.5. The molecule has 2 aromatic rings. The zero-order chi connectivity index (χ0) is 15.5. The van der Waals surface area contributed by atoms with Gasteiger partial charge in [-0.05, 0) is 31.0 Å². The van der Waals surface area contributed by atoms with E-state index in [9.17, 15) is 8.42 Å². The van der Waals surface area contributed by atoms with E-state index < -0.39 is 10.0 Å². The summed E-state index contributed by atoms with van der Waals surface area (Å²) in [5, 5.41) is 0. The molecule has 0 amide bonds. The first-order valence-electron chi connectivity index (χ1n) is 6.87. The van der Waals surface area contributed by atoms with Crippen LogP contribution in [-0.4, -0.2) is 36.6 Å².